The van der Waals surface area contributed by atoms with E-state index in [-0.39, 0.29) is 80.8 Å². The van der Waals surface area contributed by atoms with Gasteiger partial charge in [-0.25, -0.2) is 0 Å². The number of nitrogens with one attached hydrogen (secondary N) is 2. The normalized spacial score (nSPS) is 29.1. The lowest BCUT2D eigenvalue weighted by Gasteiger charge is -2.43. The van der Waals surface area contributed by atoms with Crippen LogP contribution in [0.1, 0.15) is 110 Å². The predicted molar refractivity (Wildman–Crippen MR) is 299 cm³/mol. The lowest BCUT2D eigenvalue weighted by atomic mass is 9.79. The molecule has 7 N–H and O–H groups in total. The van der Waals surface area contributed by atoms with Gasteiger partial charge >= 0.3 is 11.8 Å². The number of aliphatic hydroxyl groups is 3. The van der Waals surface area contributed by atoms with Crippen LogP contribution in [-0.2, 0) is 28.7 Å². The molecule has 5 bridgehead atoms. The van der Waals surface area contributed by atoms with Crippen LogP contribution >= 0.6 is 0 Å². The predicted octanol–water partition coefficient (Wildman–Crippen LogP) is 5.06. The number of rotatable bonds is 6. The molecule has 7 heterocycles. The smallest absolute Gasteiger partial charge is 0.315 e. The number of piperidine rings is 2. The Morgan fingerprint density at radius 1 is 0.875 bits per heavy atom. The van der Waals surface area contributed by atoms with Crippen molar-refractivity contribution in [1.82, 2.24) is 15.1 Å². The molecule has 8 atom stereocenters. The Hall–Kier alpha value is -6.87. The molecule has 3 aromatic rings. The molecule has 7 aliphatic heterocycles. The maximum Gasteiger partial charge on any atom is 0.315 e. The summed E-state index contributed by atoms with van der Waals surface area (Å²) in [5, 5.41) is 61.0. The van der Waals surface area contributed by atoms with Crippen LogP contribution in [0.4, 0.5) is 11.4 Å². The van der Waals surface area contributed by atoms with Crippen LogP contribution in [0, 0.1) is 36.5 Å². The monoisotopic (exact) mass is 1110 g/mol. The average Bonchev–Trinajstić information content (AvgIpc) is 4.18. The highest BCUT2D eigenvalue weighted by Crippen LogP contribution is 2.50. The Labute approximate surface area is 466 Å². The molecule has 0 aromatic heterocycles. The van der Waals surface area contributed by atoms with Crippen molar-refractivity contribution in [3.63, 3.8) is 0 Å². The number of phenols is 2. The quantitative estimate of drug-likeness (QED) is 0.0966. The van der Waals surface area contributed by atoms with E-state index in [4.69, 9.17) is 29.3 Å². The summed E-state index contributed by atoms with van der Waals surface area (Å²) >= 11 is 0. The Kier molecular flexibility index (Phi) is 17.5. The number of Topliss-reactive ketones (excluding diaryl/α,β-unsaturated/α-hetero) is 1. The van der Waals surface area contributed by atoms with Crippen LogP contribution in [0.3, 0.4) is 0 Å². The van der Waals surface area contributed by atoms with Crippen molar-refractivity contribution in [1.29, 1.82) is 0 Å². The molecule has 0 saturated carbocycles. The number of ketones is 1. The second kappa shape index (κ2) is 23.7. The van der Waals surface area contributed by atoms with Gasteiger partial charge < -0.3 is 65.1 Å². The minimum Gasteiger partial charge on any atom is -0.507 e. The molecule has 10 rings (SSSR count). The molecule has 4 unspecified atom stereocenters. The van der Waals surface area contributed by atoms with E-state index in [2.05, 4.69) is 29.4 Å². The Balaban J connectivity index is 0.00000416. The number of esters is 1. The van der Waals surface area contributed by atoms with E-state index in [9.17, 15) is 44.4 Å². The van der Waals surface area contributed by atoms with Crippen molar-refractivity contribution in [2.24, 2.45) is 39.6 Å². The number of para-hydroxylation sites is 1. The number of carbonyl (C=O) groups is 5. The lowest BCUT2D eigenvalue weighted by molar-refractivity contribution is -0.163. The number of anilines is 2. The Bertz CT molecular complexity index is 3110. The molecule has 432 valence electrons. The summed E-state index contributed by atoms with van der Waals surface area (Å²) in [5.74, 6) is -7.58. The van der Waals surface area contributed by atoms with E-state index in [1.54, 1.807) is 63.8 Å². The van der Waals surface area contributed by atoms with Crippen molar-refractivity contribution in [2.75, 3.05) is 56.7 Å². The van der Waals surface area contributed by atoms with E-state index >= 15 is 0 Å². The molecule has 3 fully saturated rings. The minimum absolute atomic E-state index is 0.0231. The molecule has 80 heavy (non-hydrogen) atoms. The van der Waals surface area contributed by atoms with Crippen LogP contribution in [0.25, 0.3) is 10.8 Å². The maximum atomic E-state index is 14.9. The van der Waals surface area contributed by atoms with E-state index < -0.39 is 94.7 Å². The van der Waals surface area contributed by atoms with Crippen LogP contribution in [0.5, 0.6) is 17.2 Å². The van der Waals surface area contributed by atoms with Crippen LogP contribution in [0.2, 0.25) is 0 Å². The molecule has 3 saturated heterocycles. The van der Waals surface area contributed by atoms with Gasteiger partial charge in [-0.1, -0.05) is 78.0 Å². The molecule has 20 heteroatoms. The highest BCUT2D eigenvalue weighted by Gasteiger charge is 2.52. The number of hydrogen-bond donors (Lipinski definition) is 7. The van der Waals surface area contributed by atoms with Gasteiger partial charge in [0.2, 0.25) is 11.8 Å². The van der Waals surface area contributed by atoms with Crippen molar-refractivity contribution >= 4 is 51.6 Å². The molecular formula is C60H79N7O13. The van der Waals surface area contributed by atoms with Crippen molar-refractivity contribution < 1.29 is 63.7 Å². The first-order chi connectivity index (χ1) is 38.0. The molecule has 20 nitrogen and oxygen atoms in total. The number of allylic oxidation sites excluding steroid dienone is 3. The van der Waals surface area contributed by atoms with Gasteiger partial charge in [0, 0.05) is 99.6 Å². The number of likely N-dealkylation sites (tertiary alicyclic amines) is 2. The molecule has 3 aromatic carbocycles. The molecule has 0 radical (unpaired) electrons. The fraction of sp³-hybridized carbons (Fsp3) is 0.550. The number of nitrogens with zero attached hydrogens (tertiary/aromatic N) is 5. The van der Waals surface area contributed by atoms with Gasteiger partial charge in [-0.2, -0.15) is 0 Å². The van der Waals surface area contributed by atoms with Gasteiger partial charge in [0.15, 0.2) is 11.4 Å². The average molecular weight is 1110 g/mol. The lowest BCUT2D eigenvalue weighted by Crippen LogP contribution is -2.57. The van der Waals surface area contributed by atoms with Crippen LogP contribution in [0.15, 0.2) is 76.5 Å². The zero-order valence-electron chi connectivity index (χ0n) is 47.6. The fourth-order valence-corrected chi connectivity index (χ4v) is 12.3. The van der Waals surface area contributed by atoms with Gasteiger partial charge in [-0.3, -0.25) is 34.0 Å². The standard InChI is InChI=1S/C59H75N7O12.CH4O/c1-32(2)30-64-24-22-59(23-25-64)62-45-42-43-50(71)38(8)53-44(42)54(73)57(9,78-53)76-28-14-17-34(4)52(37(7)49(70)36(6)48(69)33(3)15-13-16-35(5)55(74)61-47(51(43)72)46(45)63-59)77-41(68)29-40(67)65-26-20-58(21-27-65)56(75)60-31-66(58)39-18-11-10-12-19-39;1-2/h10-16,18-19,28,32-34,36-37,48-49,52,69-72H,17,20-27,29-31H2,1-9H3,(H,60,75)(H,61,74);2H,1H3/b15-13+,28-14+,35-16-;/t33?,34-,36-,37-,48+,49?,52?,57?;/m1./s1. The number of phenolic OH excluding ortho intramolecular Hbond substituents is 2. The van der Waals surface area contributed by atoms with E-state index in [1.165, 1.54) is 13.2 Å². The first kappa shape index (κ1) is 59.3. The third-order valence-corrected chi connectivity index (χ3v) is 17.1. The number of carbonyl (C=O) groups excluding carboxylic acids is 5. The summed E-state index contributed by atoms with van der Waals surface area (Å²) in [6.45, 7) is 19.0. The van der Waals surface area contributed by atoms with E-state index in [1.807, 2.05) is 42.2 Å². The van der Waals surface area contributed by atoms with Gasteiger partial charge in [0.05, 0.1) is 41.4 Å². The van der Waals surface area contributed by atoms with Gasteiger partial charge in [0.1, 0.15) is 40.6 Å². The van der Waals surface area contributed by atoms with E-state index in [0.29, 0.717) is 51.4 Å². The van der Waals surface area contributed by atoms with Crippen molar-refractivity contribution in [3.8, 4) is 17.2 Å². The molecule has 0 aliphatic carbocycles. The summed E-state index contributed by atoms with van der Waals surface area (Å²) in [6, 6.07) is 9.62. The molecule has 7 aliphatic rings. The summed E-state index contributed by atoms with van der Waals surface area (Å²) < 4.78 is 18.7. The fourth-order valence-electron chi connectivity index (χ4n) is 12.3. The largest absolute Gasteiger partial charge is 0.507 e. The number of benzene rings is 3. The topological polar surface area (TPSA) is 273 Å². The van der Waals surface area contributed by atoms with E-state index in [0.717, 1.165) is 19.3 Å². The minimum atomic E-state index is -1.98. The number of aliphatic hydroxyl groups excluding tert-OH is 3. The third kappa shape index (κ3) is 11.2. The second-order valence-electron chi connectivity index (χ2n) is 23.0. The summed E-state index contributed by atoms with van der Waals surface area (Å²) in [7, 11) is 1.00. The first-order valence-electron chi connectivity index (χ1n) is 27.9. The number of aromatic hydroxyl groups is 2. The summed E-state index contributed by atoms with van der Waals surface area (Å²) in [6.07, 6.45) is 5.88. The number of fused-ring (bicyclic) bond motifs is 13. The zero-order chi connectivity index (χ0) is 58.2. The van der Waals surface area contributed by atoms with Gasteiger partial charge in [-0.05, 0) is 63.2 Å². The van der Waals surface area contributed by atoms with Crippen LogP contribution in [-0.4, -0.2) is 147 Å². The second-order valence-corrected chi connectivity index (χ2v) is 23.0. The first-order valence-corrected chi connectivity index (χ1v) is 27.9. The zero-order valence-corrected chi connectivity index (χ0v) is 47.6. The third-order valence-electron chi connectivity index (χ3n) is 17.1. The highest BCUT2D eigenvalue weighted by atomic mass is 16.7. The Morgan fingerprint density at radius 2 is 1.54 bits per heavy atom. The maximum absolute atomic E-state index is 14.9. The summed E-state index contributed by atoms with van der Waals surface area (Å²) in [4.78, 5) is 86.3. The van der Waals surface area contributed by atoms with Gasteiger partial charge in [0.25, 0.3) is 11.7 Å². The highest BCUT2D eigenvalue weighted by molar-refractivity contribution is 6.19. The summed E-state index contributed by atoms with van der Waals surface area (Å²) in [5.41, 5.74) is -0.606. The molecule has 3 amide bonds. The number of amides is 3. The molecular weight excluding hydrogens is 1030 g/mol. The van der Waals surface area contributed by atoms with Crippen molar-refractivity contribution in [2.45, 2.75) is 136 Å². The number of ether oxygens (including phenoxy) is 3. The van der Waals surface area contributed by atoms with Crippen LogP contribution < -0.4 is 31.0 Å². The number of hydrogen-bond acceptors (Lipinski definition) is 17. The molecule has 2 spiro atoms. The SMILES string of the molecule is C/C1=C/C=C/C(C)[C@H](O)[C@@H](C)C(O)[C@@H](C)C(OC(=O)CC(=O)N2CCC3(CC2)C(=O)NCN3c2ccccc2)[C@H](C)C/C=C/OC2(C)Oc3c(C)c(O)c4c(O)c(c5c(c4c3C2=O)=NC2(CCN(CC(C)C)CC2)N=5)NC1=O.CO. The Morgan fingerprint density at radius 3 is 2.20 bits per heavy atom. The van der Waals surface area contributed by atoms with Gasteiger partial charge in [-0.15, -0.1) is 0 Å². The van der Waals surface area contributed by atoms with Crippen molar-refractivity contribution in [3.05, 3.63) is 88.3 Å².